The zero-order chi connectivity index (χ0) is 12.5. The highest BCUT2D eigenvalue weighted by atomic mass is 16.6. The van der Waals surface area contributed by atoms with Gasteiger partial charge in [0.05, 0.1) is 6.04 Å². The zero-order valence-corrected chi connectivity index (χ0v) is 10.2. The molecule has 0 aliphatic carbocycles. The molecule has 1 saturated heterocycles. The van der Waals surface area contributed by atoms with Gasteiger partial charge in [0.2, 0.25) is 0 Å². The van der Waals surface area contributed by atoms with Crippen molar-refractivity contribution in [1.29, 1.82) is 0 Å². The van der Waals surface area contributed by atoms with Crippen molar-refractivity contribution in [2.75, 3.05) is 6.54 Å². The second-order valence-electron chi connectivity index (χ2n) is 4.76. The smallest absolute Gasteiger partial charge is 0.415 e. The molecule has 0 saturated carbocycles. The van der Waals surface area contributed by atoms with Crippen LogP contribution in [0.5, 0.6) is 0 Å². The molecule has 1 aliphatic heterocycles. The zero-order valence-electron chi connectivity index (χ0n) is 10.2. The van der Waals surface area contributed by atoms with Crippen LogP contribution in [0.4, 0.5) is 4.79 Å². The van der Waals surface area contributed by atoms with Gasteiger partial charge in [-0.05, 0) is 25.8 Å². The monoisotopic (exact) mass is 234 g/mol. The molecule has 0 bridgehead atoms. The predicted octanol–water partition coefficient (Wildman–Crippen LogP) is 1.74. The van der Waals surface area contributed by atoms with Gasteiger partial charge in [-0.15, -0.1) is 0 Å². The summed E-state index contributed by atoms with van der Waals surface area (Å²) in [7, 11) is 0. The summed E-state index contributed by atoms with van der Waals surface area (Å²) in [6.07, 6.45) is 0.483. The third kappa shape index (κ3) is 2.26. The van der Waals surface area contributed by atoms with Crippen LogP contribution < -0.4 is 5.73 Å². The molecule has 4 heteroatoms. The number of benzene rings is 1. The maximum absolute atomic E-state index is 11.5. The molecule has 1 fully saturated rings. The molecule has 1 amide bonds. The van der Waals surface area contributed by atoms with Crippen molar-refractivity contribution >= 4 is 6.09 Å². The summed E-state index contributed by atoms with van der Waals surface area (Å²) >= 11 is 0. The van der Waals surface area contributed by atoms with Gasteiger partial charge in [0.1, 0.15) is 0 Å². The van der Waals surface area contributed by atoms with Crippen LogP contribution in [0.15, 0.2) is 30.3 Å². The number of hydrogen-bond acceptors (Lipinski definition) is 3. The van der Waals surface area contributed by atoms with Crippen LogP contribution in [-0.2, 0) is 11.2 Å². The van der Waals surface area contributed by atoms with E-state index < -0.39 is 5.72 Å². The first-order valence-corrected chi connectivity index (χ1v) is 5.81. The third-order valence-corrected chi connectivity index (χ3v) is 3.07. The molecule has 1 heterocycles. The Kier molecular flexibility index (Phi) is 3.07. The molecule has 0 unspecified atom stereocenters. The van der Waals surface area contributed by atoms with E-state index in [0.29, 0.717) is 6.54 Å². The van der Waals surface area contributed by atoms with Crippen LogP contribution in [0.1, 0.15) is 19.4 Å². The van der Waals surface area contributed by atoms with Crippen LogP contribution in [0.25, 0.3) is 0 Å². The maximum atomic E-state index is 11.5. The average Bonchev–Trinajstić information content (AvgIpc) is 2.28. The Hall–Kier alpha value is -1.55. The molecule has 1 aromatic rings. The van der Waals surface area contributed by atoms with Gasteiger partial charge in [-0.3, -0.25) is 4.90 Å². The van der Waals surface area contributed by atoms with Crippen molar-refractivity contribution in [3.63, 3.8) is 0 Å². The van der Waals surface area contributed by atoms with E-state index in [2.05, 4.69) is 0 Å². The van der Waals surface area contributed by atoms with Crippen molar-refractivity contribution in [3.05, 3.63) is 35.9 Å². The summed E-state index contributed by atoms with van der Waals surface area (Å²) < 4.78 is 5.09. The Bertz CT molecular complexity index is 403. The minimum atomic E-state index is -0.532. The van der Waals surface area contributed by atoms with Crippen LogP contribution in [-0.4, -0.2) is 29.3 Å². The first kappa shape index (κ1) is 11.9. The van der Waals surface area contributed by atoms with Gasteiger partial charge in [0.15, 0.2) is 5.72 Å². The maximum Gasteiger partial charge on any atom is 0.415 e. The summed E-state index contributed by atoms with van der Waals surface area (Å²) in [4.78, 5) is 13.2. The average molecular weight is 234 g/mol. The van der Waals surface area contributed by atoms with E-state index in [4.69, 9.17) is 10.5 Å². The fourth-order valence-electron chi connectivity index (χ4n) is 2.25. The summed E-state index contributed by atoms with van der Waals surface area (Å²) in [5, 5.41) is 0. The third-order valence-electron chi connectivity index (χ3n) is 3.07. The second kappa shape index (κ2) is 4.37. The van der Waals surface area contributed by atoms with Crippen molar-refractivity contribution in [3.8, 4) is 0 Å². The number of ether oxygens (including phenoxy) is 1. The van der Waals surface area contributed by atoms with Gasteiger partial charge >= 0.3 is 6.09 Å². The highest BCUT2D eigenvalue weighted by Crippen LogP contribution is 2.31. The minimum Gasteiger partial charge on any atom is -0.423 e. The number of rotatable bonds is 4. The molecule has 92 valence electrons. The van der Waals surface area contributed by atoms with Crippen LogP contribution in [0.2, 0.25) is 0 Å². The van der Waals surface area contributed by atoms with Crippen LogP contribution >= 0.6 is 0 Å². The van der Waals surface area contributed by atoms with E-state index in [0.717, 1.165) is 6.42 Å². The van der Waals surface area contributed by atoms with Gasteiger partial charge in [-0.25, -0.2) is 4.79 Å². The molecule has 2 N–H and O–H groups in total. The Balaban J connectivity index is 2.10. The first-order valence-electron chi connectivity index (χ1n) is 5.81. The lowest BCUT2D eigenvalue weighted by atomic mass is 10.0. The summed E-state index contributed by atoms with van der Waals surface area (Å²) in [5.41, 5.74) is 6.41. The van der Waals surface area contributed by atoms with Crippen LogP contribution in [0.3, 0.4) is 0 Å². The summed E-state index contributed by atoms with van der Waals surface area (Å²) in [6, 6.07) is 10.0. The van der Waals surface area contributed by atoms with Crippen molar-refractivity contribution in [2.24, 2.45) is 5.73 Å². The molecule has 1 aromatic carbocycles. The molecule has 0 aromatic heterocycles. The molecule has 0 spiro atoms. The Labute approximate surface area is 101 Å². The van der Waals surface area contributed by atoms with E-state index in [-0.39, 0.29) is 12.1 Å². The topological polar surface area (TPSA) is 55.6 Å². The SMILES string of the molecule is CC1(C)OC(=O)N1[C@H](CN)Cc1ccccc1. The van der Waals surface area contributed by atoms with Gasteiger partial charge in [0.25, 0.3) is 0 Å². The van der Waals surface area contributed by atoms with Gasteiger partial charge < -0.3 is 10.5 Å². The van der Waals surface area contributed by atoms with Gasteiger partial charge in [-0.2, -0.15) is 0 Å². The lowest BCUT2D eigenvalue weighted by molar-refractivity contribution is -0.177. The largest absolute Gasteiger partial charge is 0.423 e. The Morgan fingerprint density at radius 2 is 2.00 bits per heavy atom. The quantitative estimate of drug-likeness (QED) is 0.863. The van der Waals surface area contributed by atoms with Crippen molar-refractivity contribution in [1.82, 2.24) is 4.90 Å². The first-order chi connectivity index (χ1) is 8.04. The van der Waals surface area contributed by atoms with E-state index in [1.54, 1.807) is 4.90 Å². The van der Waals surface area contributed by atoms with Crippen molar-refractivity contribution in [2.45, 2.75) is 32.0 Å². The standard InChI is InChI=1S/C13H18N2O2/c1-13(2)15(12(16)17-13)11(9-14)8-10-6-4-3-5-7-10/h3-7,11H,8-9,14H2,1-2H3/t11-/m0/s1. The van der Waals surface area contributed by atoms with Gasteiger partial charge in [0, 0.05) is 6.54 Å². The highest BCUT2D eigenvalue weighted by molar-refractivity contribution is 5.74. The lowest BCUT2D eigenvalue weighted by Crippen LogP contribution is -2.67. The fraction of sp³-hybridized carbons (Fsp3) is 0.462. The second-order valence-corrected chi connectivity index (χ2v) is 4.76. The number of hydrogen-bond donors (Lipinski definition) is 1. The van der Waals surface area contributed by atoms with E-state index in [9.17, 15) is 4.79 Å². The molecule has 0 radical (unpaired) electrons. The molecule has 1 aliphatic rings. The fourth-order valence-corrected chi connectivity index (χ4v) is 2.25. The van der Waals surface area contributed by atoms with E-state index in [1.165, 1.54) is 5.56 Å². The Morgan fingerprint density at radius 3 is 2.47 bits per heavy atom. The summed E-state index contributed by atoms with van der Waals surface area (Å²) in [5.74, 6) is 0. The number of amides is 1. The summed E-state index contributed by atoms with van der Waals surface area (Å²) in [6.45, 7) is 4.19. The van der Waals surface area contributed by atoms with Crippen LogP contribution in [0, 0.1) is 0 Å². The molecule has 4 nitrogen and oxygen atoms in total. The van der Waals surface area contributed by atoms with Crippen molar-refractivity contribution < 1.29 is 9.53 Å². The molecular formula is C13H18N2O2. The number of cyclic esters (lactones) is 1. The molecular weight excluding hydrogens is 216 g/mol. The van der Waals surface area contributed by atoms with Gasteiger partial charge in [-0.1, -0.05) is 30.3 Å². The molecule has 17 heavy (non-hydrogen) atoms. The number of carbonyl (C=O) groups is 1. The molecule has 1 atom stereocenters. The lowest BCUT2D eigenvalue weighted by Gasteiger charge is -2.50. The number of nitrogens with zero attached hydrogens (tertiary/aromatic N) is 1. The number of carbonyl (C=O) groups excluding carboxylic acids is 1. The minimum absolute atomic E-state index is 0.00588. The normalized spacial score (nSPS) is 19.5. The van der Waals surface area contributed by atoms with E-state index in [1.807, 2.05) is 44.2 Å². The Morgan fingerprint density at radius 1 is 1.35 bits per heavy atom. The highest BCUT2D eigenvalue weighted by Gasteiger charge is 2.49. The molecule has 2 rings (SSSR count). The van der Waals surface area contributed by atoms with E-state index >= 15 is 0 Å². The predicted molar refractivity (Wildman–Crippen MR) is 65.4 cm³/mol. The number of nitrogens with two attached hydrogens (primary N) is 1.